The molecular formula is C15H22N2O5. The lowest BCUT2D eigenvalue weighted by Gasteiger charge is -2.36. The molecule has 122 valence electrons. The summed E-state index contributed by atoms with van der Waals surface area (Å²) in [6, 6.07) is 2.44. The Labute approximate surface area is 129 Å². The molecule has 0 aliphatic carbocycles. The smallest absolute Gasteiger partial charge is 0.410 e. The number of aliphatic carboxylic acids is 1. The highest BCUT2D eigenvalue weighted by Gasteiger charge is 2.34. The summed E-state index contributed by atoms with van der Waals surface area (Å²) < 4.78 is 10.5. The van der Waals surface area contributed by atoms with Crippen molar-refractivity contribution in [2.24, 2.45) is 0 Å². The van der Waals surface area contributed by atoms with Gasteiger partial charge >= 0.3 is 6.09 Å². The Morgan fingerprint density at radius 2 is 2.00 bits per heavy atom. The molecule has 1 aromatic rings. The molecule has 2 rings (SSSR count). The van der Waals surface area contributed by atoms with Crippen molar-refractivity contribution in [1.82, 2.24) is 4.90 Å². The minimum atomic E-state index is -1.17. The summed E-state index contributed by atoms with van der Waals surface area (Å²) in [4.78, 5) is 25.8. The van der Waals surface area contributed by atoms with Crippen LogP contribution in [-0.2, 0) is 9.53 Å². The molecule has 0 spiro atoms. The Morgan fingerprint density at radius 1 is 1.36 bits per heavy atom. The summed E-state index contributed by atoms with van der Waals surface area (Å²) in [6.45, 7) is 7.32. The highest BCUT2D eigenvalue weighted by Crippen LogP contribution is 2.12. The van der Waals surface area contributed by atoms with E-state index >= 15 is 0 Å². The first kappa shape index (κ1) is 16.4. The van der Waals surface area contributed by atoms with Gasteiger partial charge in [0.1, 0.15) is 11.6 Å². The number of quaternary nitrogens is 1. The van der Waals surface area contributed by atoms with Gasteiger partial charge in [0.25, 0.3) is 0 Å². The standard InChI is InChI=1S/C15H22N2O5/c1-15(2,3)22-14(20)17-8-6-16(7-9-17)12(13(18)19)11-5-4-10-21-11/h4-5,10,12H,6-9H2,1-3H3,(H,18,19)/t12-/m0/s1. The Morgan fingerprint density at radius 3 is 2.45 bits per heavy atom. The molecule has 7 nitrogen and oxygen atoms in total. The fourth-order valence-electron chi connectivity index (χ4n) is 2.53. The number of carbonyl (C=O) groups is 2. The predicted octanol–water partition coefficient (Wildman–Crippen LogP) is -0.794. The number of hydrogen-bond donors (Lipinski definition) is 1. The van der Waals surface area contributed by atoms with Crippen molar-refractivity contribution in [3.63, 3.8) is 0 Å². The molecule has 0 saturated carbocycles. The lowest BCUT2D eigenvalue weighted by Crippen LogP contribution is -3.16. The van der Waals surface area contributed by atoms with Gasteiger partial charge < -0.3 is 24.0 Å². The summed E-state index contributed by atoms with van der Waals surface area (Å²) in [6.07, 6.45) is 1.08. The topological polar surface area (TPSA) is 87.2 Å². The number of nitrogens with zero attached hydrogens (tertiary/aromatic N) is 1. The predicted molar refractivity (Wildman–Crippen MR) is 75.0 cm³/mol. The Kier molecular flexibility index (Phi) is 4.75. The molecule has 0 aromatic carbocycles. The second-order valence-electron chi connectivity index (χ2n) is 6.39. The van der Waals surface area contributed by atoms with E-state index in [1.54, 1.807) is 17.0 Å². The number of ether oxygens (including phenoxy) is 1. The average molecular weight is 310 g/mol. The van der Waals surface area contributed by atoms with E-state index in [0.29, 0.717) is 31.9 Å². The Bertz CT molecular complexity index is 513. The van der Waals surface area contributed by atoms with Crippen LogP contribution in [0.15, 0.2) is 22.8 Å². The quantitative estimate of drug-likeness (QED) is 0.790. The van der Waals surface area contributed by atoms with Crippen LogP contribution >= 0.6 is 0 Å². The molecule has 0 bridgehead atoms. The van der Waals surface area contributed by atoms with Gasteiger partial charge in [0.2, 0.25) is 0 Å². The van der Waals surface area contributed by atoms with Gasteiger partial charge in [0.15, 0.2) is 11.8 Å². The molecule has 0 radical (unpaired) electrons. The monoisotopic (exact) mass is 310 g/mol. The average Bonchev–Trinajstić information content (AvgIpc) is 2.91. The van der Waals surface area contributed by atoms with Crippen molar-refractivity contribution in [3.8, 4) is 0 Å². The third kappa shape index (κ3) is 4.00. The van der Waals surface area contributed by atoms with Crippen LogP contribution < -0.4 is 10.0 Å². The Hall–Kier alpha value is -2.02. The minimum Gasteiger partial charge on any atom is -0.544 e. The highest BCUT2D eigenvalue weighted by molar-refractivity contribution is 5.71. The van der Waals surface area contributed by atoms with Crippen molar-refractivity contribution in [1.29, 1.82) is 0 Å². The molecule has 1 aliphatic rings. The van der Waals surface area contributed by atoms with Crippen LogP contribution in [0.3, 0.4) is 0 Å². The molecule has 2 heterocycles. The Balaban J connectivity index is 1.96. The lowest BCUT2D eigenvalue weighted by atomic mass is 10.1. The first-order valence-electron chi connectivity index (χ1n) is 7.34. The molecule has 1 aromatic heterocycles. The van der Waals surface area contributed by atoms with Crippen LogP contribution in [-0.4, -0.2) is 48.7 Å². The number of carboxylic acid groups (broad SMARTS) is 1. The van der Waals surface area contributed by atoms with Crippen molar-refractivity contribution < 1.29 is 28.7 Å². The number of hydrogen-bond acceptors (Lipinski definition) is 5. The van der Waals surface area contributed by atoms with Crippen LogP contribution in [0.5, 0.6) is 0 Å². The largest absolute Gasteiger partial charge is 0.544 e. The number of carboxylic acids is 1. The maximum atomic E-state index is 12.0. The minimum absolute atomic E-state index is 0.366. The van der Waals surface area contributed by atoms with E-state index in [4.69, 9.17) is 9.15 Å². The van der Waals surface area contributed by atoms with E-state index in [-0.39, 0.29) is 6.09 Å². The molecule has 0 unspecified atom stereocenters. The molecule has 1 aliphatic heterocycles. The fourth-order valence-corrected chi connectivity index (χ4v) is 2.53. The van der Waals surface area contributed by atoms with E-state index < -0.39 is 17.6 Å². The zero-order valence-electron chi connectivity index (χ0n) is 13.1. The van der Waals surface area contributed by atoms with E-state index in [2.05, 4.69) is 0 Å². The molecule has 1 saturated heterocycles. The van der Waals surface area contributed by atoms with Gasteiger partial charge in [-0.2, -0.15) is 0 Å². The normalized spacial score (nSPS) is 18.0. The van der Waals surface area contributed by atoms with Crippen molar-refractivity contribution in [2.45, 2.75) is 32.4 Å². The van der Waals surface area contributed by atoms with E-state index in [1.165, 1.54) is 6.26 Å². The third-order valence-electron chi connectivity index (χ3n) is 3.53. The van der Waals surface area contributed by atoms with Crippen molar-refractivity contribution >= 4 is 12.1 Å². The highest BCUT2D eigenvalue weighted by atomic mass is 16.6. The maximum absolute atomic E-state index is 12.0. The molecular weight excluding hydrogens is 288 g/mol. The number of rotatable bonds is 3. The number of furan rings is 1. The van der Waals surface area contributed by atoms with Crippen molar-refractivity contribution in [2.75, 3.05) is 26.2 Å². The van der Waals surface area contributed by atoms with Gasteiger partial charge in [-0.1, -0.05) is 0 Å². The maximum Gasteiger partial charge on any atom is 0.410 e. The van der Waals surface area contributed by atoms with Gasteiger partial charge in [-0.25, -0.2) is 4.79 Å². The number of amides is 1. The summed E-state index contributed by atoms with van der Waals surface area (Å²) in [5.74, 6) is -0.795. The summed E-state index contributed by atoms with van der Waals surface area (Å²) >= 11 is 0. The van der Waals surface area contributed by atoms with Gasteiger partial charge in [0, 0.05) is 0 Å². The zero-order valence-corrected chi connectivity index (χ0v) is 13.1. The lowest BCUT2D eigenvalue weighted by molar-refractivity contribution is -0.929. The SMILES string of the molecule is CC(C)(C)OC(=O)N1CC[NH+]([C@H](C(=O)[O-])c2ccco2)CC1. The van der Waals surface area contributed by atoms with Crippen molar-refractivity contribution in [3.05, 3.63) is 24.2 Å². The second-order valence-corrected chi connectivity index (χ2v) is 6.39. The van der Waals surface area contributed by atoms with Gasteiger partial charge in [-0.15, -0.1) is 0 Å². The van der Waals surface area contributed by atoms with Crippen LogP contribution in [0, 0.1) is 0 Å². The first-order valence-corrected chi connectivity index (χ1v) is 7.34. The third-order valence-corrected chi connectivity index (χ3v) is 3.53. The molecule has 1 atom stereocenters. The number of nitrogens with one attached hydrogen (secondary N) is 1. The van der Waals surface area contributed by atoms with E-state index in [1.807, 2.05) is 20.8 Å². The number of carbonyl (C=O) groups excluding carboxylic acids is 2. The van der Waals surface area contributed by atoms with E-state index in [9.17, 15) is 14.7 Å². The van der Waals surface area contributed by atoms with Crippen LogP contribution in [0.4, 0.5) is 4.79 Å². The van der Waals surface area contributed by atoms with Gasteiger partial charge in [-0.3, -0.25) is 4.90 Å². The molecule has 1 amide bonds. The summed E-state index contributed by atoms with van der Waals surface area (Å²) in [7, 11) is 0. The first-order chi connectivity index (χ1) is 10.3. The van der Waals surface area contributed by atoms with E-state index in [0.717, 1.165) is 4.90 Å². The zero-order chi connectivity index (χ0) is 16.3. The van der Waals surface area contributed by atoms with Crippen LogP contribution in [0.25, 0.3) is 0 Å². The summed E-state index contributed by atoms with van der Waals surface area (Å²) in [5, 5.41) is 11.4. The molecule has 1 N–H and O–H groups in total. The fraction of sp³-hybridized carbons (Fsp3) is 0.600. The van der Waals surface area contributed by atoms with Gasteiger partial charge in [0.05, 0.1) is 32.4 Å². The molecule has 22 heavy (non-hydrogen) atoms. The molecule has 7 heteroatoms. The van der Waals surface area contributed by atoms with Gasteiger partial charge in [-0.05, 0) is 32.9 Å². The van der Waals surface area contributed by atoms with Crippen LogP contribution in [0.2, 0.25) is 0 Å². The summed E-state index contributed by atoms with van der Waals surface area (Å²) in [5.41, 5.74) is -0.539. The number of piperazine rings is 1. The molecule has 1 fully saturated rings. The van der Waals surface area contributed by atoms with Crippen LogP contribution in [0.1, 0.15) is 32.6 Å². The second kappa shape index (κ2) is 6.39.